The van der Waals surface area contributed by atoms with E-state index in [1.165, 1.54) is 12.5 Å². The standard InChI is InChI=1S/C10H15N3O2S/c1-16(14,15)10-2-3-12-8-9(10)13-6-4-11-5-7-13/h2-3,8,11H,4-7H2,1H3. The summed E-state index contributed by atoms with van der Waals surface area (Å²) in [5.74, 6) is 0. The third kappa shape index (κ3) is 2.33. The van der Waals surface area contributed by atoms with E-state index in [9.17, 15) is 8.42 Å². The maximum atomic E-state index is 11.6. The third-order valence-electron chi connectivity index (χ3n) is 2.62. The first-order valence-electron chi connectivity index (χ1n) is 5.19. The lowest BCUT2D eigenvalue weighted by atomic mass is 10.3. The first-order chi connectivity index (χ1) is 7.59. The first kappa shape index (κ1) is 11.3. The van der Waals surface area contributed by atoms with Crippen molar-refractivity contribution in [3.05, 3.63) is 18.5 Å². The van der Waals surface area contributed by atoms with Gasteiger partial charge in [0.2, 0.25) is 0 Å². The van der Waals surface area contributed by atoms with Crippen LogP contribution in [0.3, 0.4) is 0 Å². The van der Waals surface area contributed by atoms with E-state index in [0.29, 0.717) is 10.6 Å². The van der Waals surface area contributed by atoms with Crippen LogP contribution in [0.1, 0.15) is 0 Å². The van der Waals surface area contributed by atoms with Crippen molar-refractivity contribution in [2.45, 2.75) is 4.90 Å². The zero-order chi connectivity index (χ0) is 11.6. The molecule has 1 aromatic heterocycles. The molecule has 0 saturated carbocycles. The summed E-state index contributed by atoms with van der Waals surface area (Å²) in [6.07, 6.45) is 4.37. The summed E-state index contributed by atoms with van der Waals surface area (Å²) in [6, 6.07) is 1.56. The average molecular weight is 241 g/mol. The molecule has 0 amide bonds. The molecular weight excluding hydrogens is 226 g/mol. The Labute approximate surface area is 95.4 Å². The van der Waals surface area contributed by atoms with Crippen LogP contribution in [0, 0.1) is 0 Å². The molecule has 1 aromatic rings. The Morgan fingerprint density at radius 2 is 2.06 bits per heavy atom. The monoisotopic (exact) mass is 241 g/mol. The van der Waals surface area contributed by atoms with Gasteiger partial charge in [0.05, 0.1) is 16.8 Å². The van der Waals surface area contributed by atoms with Crippen molar-refractivity contribution in [2.24, 2.45) is 0 Å². The number of sulfone groups is 1. The van der Waals surface area contributed by atoms with Crippen molar-refractivity contribution in [1.29, 1.82) is 0 Å². The van der Waals surface area contributed by atoms with E-state index in [0.717, 1.165) is 26.2 Å². The zero-order valence-electron chi connectivity index (χ0n) is 9.18. The summed E-state index contributed by atoms with van der Waals surface area (Å²) < 4.78 is 23.3. The molecule has 88 valence electrons. The normalized spacial score (nSPS) is 17.4. The van der Waals surface area contributed by atoms with Crippen LogP contribution in [-0.2, 0) is 9.84 Å². The van der Waals surface area contributed by atoms with Crippen molar-refractivity contribution in [3.63, 3.8) is 0 Å². The molecule has 1 N–H and O–H groups in total. The summed E-state index contributed by atoms with van der Waals surface area (Å²) in [6.45, 7) is 3.37. The highest BCUT2D eigenvalue weighted by atomic mass is 32.2. The predicted octanol–water partition coefficient (Wildman–Crippen LogP) is -0.105. The van der Waals surface area contributed by atoms with Gasteiger partial charge >= 0.3 is 0 Å². The summed E-state index contributed by atoms with van der Waals surface area (Å²) in [7, 11) is -3.18. The maximum absolute atomic E-state index is 11.6. The molecule has 0 unspecified atom stereocenters. The molecule has 2 heterocycles. The van der Waals surface area contributed by atoms with Crippen molar-refractivity contribution in [3.8, 4) is 0 Å². The Bertz CT molecular complexity index is 467. The second-order valence-electron chi connectivity index (χ2n) is 3.85. The molecule has 0 aromatic carbocycles. The molecule has 0 atom stereocenters. The smallest absolute Gasteiger partial charge is 0.177 e. The fraction of sp³-hybridized carbons (Fsp3) is 0.500. The number of rotatable bonds is 2. The minimum atomic E-state index is -3.18. The van der Waals surface area contributed by atoms with Gasteiger partial charge in [0.25, 0.3) is 0 Å². The largest absolute Gasteiger partial charge is 0.367 e. The third-order valence-corrected chi connectivity index (χ3v) is 3.76. The molecule has 1 aliphatic rings. The van der Waals surface area contributed by atoms with Gasteiger partial charge in [0.15, 0.2) is 9.84 Å². The van der Waals surface area contributed by atoms with Gasteiger partial charge in [-0.2, -0.15) is 0 Å². The van der Waals surface area contributed by atoms with E-state index >= 15 is 0 Å². The van der Waals surface area contributed by atoms with E-state index < -0.39 is 9.84 Å². The van der Waals surface area contributed by atoms with E-state index in [1.807, 2.05) is 0 Å². The van der Waals surface area contributed by atoms with E-state index in [4.69, 9.17) is 0 Å². The number of hydrogen-bond donors (Lipinski definition) is 1. The molecule has 16 heavy (non-hydrogen) atoms. The Morgan fingerprint density at radius 1 is 1.38 bits per heavy atom. The zero-order valence-corrected chi connectivity index (χ0v) is 10.00. The summed E-state index contributed by atoms with van der Waals surface area (Å²) in [5, 5.41) is 3.23. The number of nitrogens with zero attached hydrogens (tertiary/aromatic N) is 2. The Kier molecular flexibility index (Phi) is 3.11. The topological polar surface area (TPSA) is 62.3 Å². The lowest BCUT2D eigenvalue weighted by Crippen LogP contribution is -2.44. The molecule has 2 rings (SSSR count). The molecule has 0 spiro atoms. The van der Waals surface area contributed by atoms with Crippen molar-refractivity contribution >= 4 is 15.5 Å². The van der Waals surface area contributed by atoms with Gasteiger partial charge in [-0.25, -0.2) is 8.42 Å². The molecule has 6 heteroatoms. The van der Waals surface area contributed by atoms with Crippen LogP contribution in [0.15, 0.2) is 23.4 Å². The van der Waals surface area contributed by atoms with Crippen molar-refractivity contribution < 1.29 is 8.42 Å². The number of nitrogens with one attached hydrogen (secondary N) is 1. The van der Waals surface area contributed by atoms with Gasteiger partial charge in [-0.3, -0.25) is 4.98 Å². The Morgan fingerprint density at radius 3 is 2.69 bits per heavy atom. The first-order valence-corrected chi connectivity index (χ1v) is 7.08. The van der Waals surface area contributed by atoms with Gasteiger partial charge < -0.3 is 10.2 Å². The summed E-state index contributed by atoms with van der Waals surface area (Å²) in [4.78, 5) is 6.43. The summed E-state index contributed by atoms with van der Waals surface area (Å²) >= 11 is 0. The second kappa shape index (κ2) is 4.39. The number of pyridine rings is 1. The van der Waals surface area contributed by atoms with Gasteiger partial charge in [0, 0.05) is 38.6 Å². The molecule has 0 aliphatic carbocycles. The molecule has 1 aliphatic heterocycles. The Balaban J connectivity index is 2.40. The maximum Gasteiger partial charge on any atom is 0.177 e. The minimum Gasteiger partial charge on any atom is -0.367 e. The van der Waals surface area contributed by atoms with Crippen LogP contribution in [0.2, 0.25) is 0 Å². The number of hydrogen-bond acceptors (Lipinski definition) is 5. The SMILES string of the molecule is CS(=O)(=O)c1ccncc1N1CCNCC1. The van der Waals surface area contributed by atoms with Gasteiger partial charge in [-0.15, -0.1) is 0 Å². The van der Waals surface area contributed by atoms with Crippen LogP contribution in [0.5, 0.6) is 0 Å². The molecule has 0 bridgehead atoms. The predicted molar refractivity (Wildman–Crippen MR) is 62.4 cm³/mol. The van der Waals surface area contributed by atoms with Crippen molar-refractivity contribution in [1.82, 2.24) is 10.3 Å². The van der Waals surface area contributed by atoms with Crippen LogP contribution in [0.25, 0.3) is 0 Å². The number of piperazine rings is 1. The van der Waals surface area contributed by atoms with E-state index in [-0.39, 0.29) is 0 Å². The van der Waals surface area contributed by atoms with E-state index in [2.05, 4.69) is 15.2 Å². The van der Waals surface area contributed by atoms with Gasteiger partial charge in [-0.1, -0.05) is 0 Å². The average Bonchev–Trinajstić information content (AvgIpc) is 2.29. The molecular formula is C10H15N3O2S. The molecule has 1 saturated heterocycles. The molecule has 5 nitrogen and oxygen atoms in total. The summed E-state index contributed by atoms with van der Waals surface area (Å²) in [5.41, 5.74) is 0.714. The van der Waals surface area contributed by atoms with E-state index in [1.54, 1.807) is 12.3 Å². The minimum absolute atomic E-state index is 0.365. The quantitative estimate of drug-likeness (QED) is 0.783. The molecule has 1 fully saturated rings. The van der Waals surface area contributed by atoms with Gasteiger partial charge in [0.1, 0.15) is 0 Å². The lowest BCUT2D eigenvalue weighted by Gasteiger charge is -2.30. The highest BCUT2D eigenvalue weighted by molar-refractivity contribution is 7.90. The van der Waals surface area contributed by atoms with Crippen LogP contribution >= 0.6 is 0 Å². The van der Waals surface area contributed by atoms with Crippen LogP contribution in [-0.4, -0.2) is 45.8 Å². The fourth-order valence-corrected chi connectivity index (χ4v) is 2.70. The highest BCUT2D eigenvalue weighted by Crippen LogP contribution is 2.23. The molecule has 0 radical (unpaired) electrons. The number of aromatic nitrogens is 1. The van der Waals surface area contributed by atoms with Crippen LogP contribution in [0.4, 0.5) is 5.69 Å². The van der Waals surface area contributed by atoms with Crippen LogP contribution < -0.4 is 10.2 Å². The second-order valence-corrected chi connectivity index (χ2v) is 5.84. The highest BCUT2D eigenvalue weighted by Gasteiger charge is 2.19. The number of anilines is 1. The Hall–Kier alpha value is -1.14. The van der Waals surface area contributed by atoms with Crippen molar-refractivity contribution in [2.75, 3.05) is 37.3 Å². The fourth-order valence-electron chi connectivity index (χ4n) is 1.83. The van der Waals surface area contributed by atoms with Gasteiger partial charge in [-0.05, 0) is 6.07 Å². The lowest BCUT2D eigenvalue weighted by molar-refractivity contribution is 0.581.